The Morgan fingerprint density at radius 2 is 2.33 bits per heavy atom. The van der Waals surface area contributed by atoms with Crippen LogP contribution in [0.4, 0.5) is 5.95 Å². The quantitative estimate of drug-likeness (QED) is 0.751. The molecular formula is C9H18N4OS. The predicted molar refractivity (Wildman–Crippen MR) is 62.8 cm³/mol. The van der Waals surface area contributed by atoms with Crippen molar-refractivity contribution in [2.75, 3.05) is 32.2 Å². The second-order valence-corrected chi connectivity index (χ2v) is 3.78. The summed E-state index contributed by atoms with van der Waals surface area (Å²) in [5.74, 6) is 0.874. The lowest BCUT2D eigenvalue weighted by molar-refractivity contribution is 0.206. The normalized spacial score (nSPS) is 10.6. The second-order valence-electron chi connectivity index (χ2n) is 3.39. The number of anilines is 1. The van der Waals surface area contributed by atoms with Crippen molar-refractivity contribution in [2.24, 2.45) is 0 Å². The molecule has 5 nitrogen and oxygen atoms in total. The van der Waals surface area contributed by atoms with Gasteiger partial charge in [0.15, 0.2) is 4.77 Å². The van der Waals surface area contributed by atoms with Gasteiger partial charge in [0.2, 0.25) is 5.95 Å². The fraction of sp³-hybridized carbons (Fsp3) is 0.778. The van der Waals surface area contributed by atoms with Crippen LogP contribution in [0, 0.1) is 4.77 Å². The average Bonchev–Trinajstić information content (AvgIpc) is 2.58. The molecule has 0 saturated carbocycles. The van der Waals surface area contributed by atoms with Gasteiger partial charge in [-0.3, -0.25) is 4.57 Å². The van der Waals surface area contributed by atoms with Gasteiger partial charge in [-0.2, -0.15) is 0 Å². The summed E-state index contributed by atoms with van der Waals surface area (Å²) in [6, 6.07) is 0. The number of methoxy groups -OCH3 is 1. The van der Waals surface area contributed by atoms with Crippen LogP contribution in [-0.2, 0) is 11.3 Å². The first-order valence-electron chi connectivity index (χ1n) is 5.06. The van der Waals surface area contributed by atoms with Gasteiger partial charge in [-0.05, 0) is 18.6 Å². The largest absolute Gasteiger partial charge is 0.383 e. The van der Waals surface area contributed by atoms with E-state index in [1.54, 1.807) is 7.11 Å². The Bertz CT molecular complexity index is 346. The topological polar surface area (TPSA) is 46.1 Å². The van der Waals surface area contributed by atoms with Crippen molar-refractivity contribution in [2.45, 2.75) is 19.9 Å². The van der Waals surface area contributed by atoms with Crippen LogP contribution in [0.15, 0.2) is 0 Å². The molecule has 0 saturated heterocycles. The molecule has 86 valence electrons. The Morgan fingerprint density at radius 3 is 2.93 bits per heavy atom. The van der Waals surface area contributed by atoms with E-state index in [0.717, 1.165) is 25.5 Å². The molecule has 0 spiro atoms. The number of nitrogens with zero attached hydrogens (tertiary/aromatic N) is 3. The lowest BCUT2D eigenvalue weighted by Crippen LogP contribution is -2.25. The number of ether oxygens (including phenoxy) is 1. The summed E-state index contributed by atoms with van der Waals surface area (Å²) >= 11 is 5.16. The van der Waals surface area contributed by atoms with Crippen LogP contribution < -0.4 is 4.90 Å². The fourth-order valence-corrected chi connectivity index (χ4v) is 1.57. The first-order chi connectivity index (χ1) is 7.20. The first kappa shape index (κ1) is 12.2. The van der Waals surface area contributed by atoms with Crippen molar-refractivity contribution in [3.05, 3.63) is 4.77 Å². The van der Waals surface area contributed by atoms with E-state index in [0.29, 0.717) is 11.4 Å². The molecule has 0 aliphatic carbocycles. The zero-order valence-corrected chi connectivity index (χ0v) is 10.3. The standard InChI is InChI=1S/C9H18N4OS/c1-4-5-13-8(10-11-9(13)15)12(2)6-7-14-3/h4-7H2,1-3H3,(H,11,15). The monoisotopic (exact) mass is 230 g/mol. The molecule has 0 unspecified atom stereocenters. The second kappa shape index (κ2) is 5.87. The molecule has 0 atom stereocenters. The van der Waals surface area contributed by atoms with Crippen LogP contribution in [0.1, 0.15) is 13.3 Å². The Balaban J connectivity index is 2.78. The average molecular weight is 230 g/mol. The smallest absolute Gasteiger partial charge is 0.225 e. The van der Waals surface area contributed by atoms with E-state index in [-0.39, 0.29) is 0 Å². The summed E-state index contributed by atoms with van der Waals surface area (Å²) in [6.07, 6.45) is 1.04. The van der Waals surface area contributed by atoms with Gasteiger partial charge in [-0.15, -0.1) is 5.10 Å². The first-order valence-corrected chi connectivity index (χ1v) is 5.46. The van der Waals surface area contributed by atoms with Crippen molar-refractivity contribution in [1.82, 2.24) is 14.8 Å². The van der Waals surface area contributed by atoms with E-state index in [1.807, 2.05) is 16.5 Å². The van der Waals surface area contributed by atoms with Crippen LogP contribution in [0.3, 0.4) is 0 Å². The summed E-state index contributed by atoms with van der Waals surface area (Å²) in [5, 5.41) is 7.02. The van der Waals surface area contributed by atoms with Gasteiger partial charge < -0.3 is 9.64 Å². The third-order valence-electron chi connectivity index (χ3n) is 2.16. The lowest BCUT2D eigenvalue weighted by atomic mass is 10.5. The molecule has 0 aliphatic rings. The zero-order chi connectivity index (χ0) is 11.3. The molecule has 1 heterocycles. The van der Waals surface area contributed by atoms with E-state index in [1.165, 1.54) is 0 Å². The summed E-state index contributed by atoms with van der Waals surface area (Å²) in [6.45, 7) is 4.50. The van der Waals surface area contributed by atoms with Crippen molar-refractivity contribution in [3.8, 4) is 0 Å². The van der Waals surface area contributed by atoms with E-state index >= 15 is 0 Å². The van der Waals surface area contributed by atoms with Gasteiger partial charge in [-0.25, -0.2) is 5.10 Å². The van der Waals surface area contributed by atoms with E-state index in [4.69, 9.17) is 17.0 Å². The van der Waals surface area contributed by atoms with Crippen LogP contribution in [-0.4, -0.2) is 42.1 Å². The third-order valence-corrected chi connectivity index (χ3v) is 2.47. The Hall–Kier alpha value is -0.880. The van der Waals surface area contributed by atoms with Crippen molar-refractivity contribution in [1.29, 1.82) is 0 Å². The minimum absolute atomic E-state index is 0.677. The van der Waals surface area contributed by atoms with Crippen molar-refractivity contribution < 1.29 is 4.74 Å². The molecule has 0 aromatic carbocycles. The third kappa shape index (κ3) is 3.04. The molecule has 0 aliphatic heterocycles. The Labute approximate surface area is 95.0 Å². The molecule has 15 heavy (non-hydrogen) atoms. The molecule has 0 bridgehead atoms. The highest BCUT2D eigenvalue weighted by Crippen LogP contribution is 2.09. The predicted octanol–water partition coefficient (Wildman–Crippen LogP) is 1.43. The number of H-pyrrole nitrogens is 1. The highest BCUT2D eigenvalue weighted by Gasteiger charge is 2.09. The fourth-order valence-electron chi connectivity index (χ4n) is 1.35. The number of nitrogens with one attached hydrogen (secondary N) is 1. The van der Waals surface area contributed by atoms with Gasteiger partial charge >= 0.3 is 0 Å². The van der Waals surface area contributed by atoms with Gasteiger partial charge in [0, 0.05) is 27.2 Å². The molecule has 6 heteroatoms. The zero-order valence-electron chi connectivity index (χ0n) is 9.49. The molecule has 1 aromatic rings. The molecule has 1 rings (SSSR count). The number of rotatable bonds is 6. The van der Waals surface area contributed by atoms with Gasteiger partial charge in [0.05, 0.1) is 6.61 Å². The van der Waals surface area contributed by atoms with E-state index < -0.39 is 0 Å². The van der Waals surface area contributed by atoms with E-state index in [9.17, 15) is 0 Å². The number of aromatic amines is 1. The molecular weight excluding hydrogens is 212 g/mol. The number of likely N-dealkylation sites (N-methyl/N-ethyl adjacent to an activating group) is 1. The summed E-state index contributed by atoms with van der Waals surface area (Å²) < 4.78 is 7.71. The molecule has 0 amide bonds. The van der Waals surface area contributed by atoms with Crippen LogP contribution in [0.2, 0.25) is 0 Å². The highest BCUT2D eigenvalue weighted by molar-refractivity contribution is 7.71. The highest BCUT2D eigenvalue weighted by atomic mass is 32.1. The van der Waals surface area contributed by atoms with Crippen LogP contribution in [0.5, 0.6) is 0 Å². The van der Waals surface area contributed by atoms with E-state index in [2.05, 4.69) is 17.1 Å². The minimum Gasteiger partial charge on any atom is -0.383 e. The SMILES string of the molecule is CCCn1c(N(C)CCOC)n[nH]c1=S. The maximum atomic E-state index is 5.16. The summed E-state index contributed by atoms with van der Waals surface area (Å²) in [7, 11) is 3.67. The van der Waals surface area contributed by atoms with Crippen LogP contribution >= 0.6 is 12.2 Å². The summed E-state index contributed by atoms with van der Waals surface area (Å²) in [5.41, 5.74) is 0. The molecule has 0 fully saturated rings. The number of aromatic nitrogens is 3. The molecule has 1 N–H and O–H groups in total. The summed E-state index contributed by atoms with van der Waals surface area (Å²) in [4.78, 5) is 2.03. The maximum absolute atomic E-state index is 5.16. The van der Waals surface area contributed by atoms with Crippen molar-refractivity contribution >= 4 is 18.2 Å². The van der Waals surface area contributed by atoms with Gasteiger partial charge in [-0.1, -0.05) is 6.92 Å². The van der Waals surface area contributed by atoms with Gasteiger partial charge in [0.1, 0.15) is 0 Å². The lowest BCUT2D eigenvalue weighted by Gasteiger charge is -2.17. The van der Waals surface area contributed by atoms with Gasteiger partial charge in [0.25, 0.3) is 0 Å². The van der Waals surface area contributed by atoms with Crippen LogP contribution in [0.25, 0.3) is 0 Å². The number of hydrogen-bond donors (Lipinski definition) is 1. The minimum atomic E-state index is 0.677. The Kier molecular flexibility index (Phi) is 4.77. The maximum Gasteiger partial charge on any atom is 0.225 e. The molecule has 0 radical (unpaired) electrons. The number of hydrogen-bond acceptors (Lipinski definition) is 4. The van der Waals surface area contributed by atoms with Crippen molar-refractivity contribution in [3.63, 3.8) is 0 Å². The molecule has 1 aromatic heterocycles. The Morgan fingerprint density at radius 1 is 1.60 bits per heavy atom.